The summed E-state index contributed by atoms with van der Waals surface area (Å²) >= 11 is 0. The van der Waals surface area contributed by atoms with Crippen molar-refractivity contribution < 1.29 is 9.59 Å². The Balaban J connectivity index is 1.07. The Kier molecular flexibility index (Phi) is 5.13. The summed E-state index contributed by atoms with van der Waals surface area (Å²) < 4.78 is 0. The van der Waals surface area contributed by atoms with Crippen molar-refractivity contribution in [3.63, 3.8) is 0 Å². The third-order valence-corrected chi connectivity index (χ3v) is 8.52. The lowest BCUT2D eigenvalue weighted by molar-refractivity contribution is -0.0167. The molecule has 0 aliphatic heterocycles. The quantitative estimate of drug-likeness (QED) is 0.340. The van der Waals surface area contributed by atoms with Gasteiger partial charge in [-0.2, -0.15) is 0 Å². The molecule has 0 atom stereocenters. The average molecular weight is 492 g/mol. The van der Waals surface area contributed by atoms with Gasteiger partial charge >= 0.3 is 0 Å². The van der Waals surface area contributed by atoms with Crippen LogP contribution in [-0.2, 0) is 0 Å². The molecular weight excluding hydrogens is 462 g/mol. The summed E-state index contributed by atoms with van der Waals surface area (Å²) in [6, 6.07) is 16.6. The first-order chi connectivity index (χ1) is 18.0. The number of H-pyrrole nitrogens is 1. The van der Waals surface area contributed by atoms with Crippen LogP contribution < -0.4 is 10.6 Å². The third-order valence-electron chi connectivity index (χ3n) is 8.52. The van der Waals surface area contributed by atoms with Crippen LogP contribution in [0.15, 0.2) is 67.0 Å². The minimum atomic E-state index is -0.182. The second-order valence-electron chi connectivity index (χ2n) is 11.2. The molecule has 7 nitrogen and oxygen atoms in total. The fourth-order valence-electron chi connectivity index (χ4n) is 7.28. The van der Waals surface area contributed by atoms with Gasteiger partial charge in [0.1, 0.15) is 5.82 Å². The number of anilines is 1. The van der Waals surface area contributed by atoms with Crippen LogP contribution in [0.5, 0.6) is 0 Å². The Morgan fingerprint density at radius 2 is 1.49 bits per heavy atom. The van der Waals surface area contributed by atoms with Crippen LogP contribution in [0.1, 0.15) is 59.2 Å². The predicted molar refractivity (Wildman–Crippen MR) is 142 cm³/mol. The van der Waals surface area contributed by atoms with Crippen molar-refractivity contribution in [1.82, 2.24) is 20.3 Å². The summed E-state index contributed by atoms with van der Waals surface area (Å²) in [7, 11) is 0. The molecule has 4 saturated carbocycles. The van der Waals surface area contributed by atoms with Crippen LogP contribution in [-0.4, -0.2) is 32.3 Å². The van der Waals surface area contributed by atoms with Crippen LogP contribution in [0.3, 0.4) is 0 Å². The van der Waals surface area contributed by atoms with Gasteiger partial charge in [0.15, 0.2) is 0 Å². The smallest absolute Gasteiger partial charge is 0.255 e. The minimum absolute atomic E-state index is 0.00785. The molecule has 2 aromatic heterocycles. The largest absolute Gasteiger partial charge is 0.347 e. The highest BCUT2D eigenvalue weighted by Crippen LogP contribution is 2.55. The van der Waals surface area contributed by atoms with Crippen LogP contribution in [0.2, 0.25) is 0 Å². The predicted octanol–water partition coefficient (Wildman–Crippen LogP) is 5.58. The summed E-state index contributed by atoms with van der Waals surface area (Å²) in [5, 5.41) is 6.36. The number of imidazole rings is 1. The number of carbonyl (C=O) groups excluding carboxylic acids is 2. The van der Waals surface area contributed by atoms with E-state index in [1.54, 1.807) is 24.5 Å². The maximum absolute atomic E-state index is 13.3. The summed E-state index contributed by atoms with van der Waals surface area (Å²) in [6.07, 6.45) is 10.7. The molecule has 37 heavy (non-hydrogen) atoms. The van der Waals surface area contributed by atoms with Crippen molar-refractivity contribution in [3.8, 4) is 11.4 Å². The molecule has 4 bridgehead atoms. The molecule has 4 fully saturated rings. The van der Waals surface area contributed by atoms with E-state index in [1.807, 2.05) is 42.5 Å². The summed E-state index contributed by atoms with van der Waals surface area (Å²) in [4.78, 5) is 37.7. The van der Waals surface area contributed by atoms with E-state index >= 15 is 0 Å². The fourth-order valence-corrected chi connectivity index (χ4v) is 7.28. The van der Waals surface area contributed by atoms with Gasteiger partial charge in [0, 0.05) is 40.3 Å². The number of aromatic nitrogens is 3. The van der Waals surface area contributed by atoms with E-state index in [-0.39, 0.29) is 17.4 Å². The number of carbonyl (C=O) groups is 2. The highest BCUT2D eigenvalue weighted by Gasteiger charge is 2.51. The SMILES string of the molecule is O=C(Nc1ccc(-c2nc3cc(C(=O)NC45CC6CC(CC(C6)C4)C5)ccc3[nH]2)cc1)c1ccncc1. The van der Waals surface area contributed by atoms with E-state index in [1.165, 1.54) is 19.3 Å². The lowest BCUT2D eigenvalue weighted by atomic mass is 9.53. The Morgan fingerprint density at radius 1 is 0.811 bits per heavy atom. The van der Waals surface area contributed by atoms with Gasteiger partial charge in [-0.15, -0.1) is 0 Å². The Labute approximate surface area is 215 Å². The van der Waals surface area contributed by atoms with Crippen molar-refractivity contribution in [2.45, 2.75) is 44.1 Å². The molecule has 8 rings (SSSR count). The highest BCUT2D eigenvalue weighted by molar-refractivity contribution is 6.04. The second-order valence-corrected chi connectivity index (χ2v) is 11.2. The number of fused-ring (bicyclic) bond motifs is 1. The molecule has 186 valence electrons. The first kappa shape index (κ1) is 22.2. The van der Waals surface area contributed by atoms with Gasteiger partial charge in [-0.25, -0.2) is 4.98 Å². The van der Waals surface area contributed by atoms with Crippen molar-refractivity contribution >= 4 is 28.5 Å². The number of rotatable bonds is 5. The fraction of sp³-hybridized carbons (Fsp3) is 0.333. The monoisotopic (exact) mass is 491 g/mol. The van der Waals surface area contributed by atoms with Crippen molar-refractivity contribution in [3.05, 3.63) is 78.1 Å². The summed E-state index contributed by atoms with van der Waals surface area (Å²) in [6.45, 7) is 0. The average Bonchev–Trinajstić information content (AvgIpc) is 3.32. The normalized spacial score (nSPS) is 25.8. The molecule has 0 spiro atoms. The van der Waals surface area contributed by atoms with Gasteiger partial charge < -0.3 is 15.6 Å². The number of aromatic amines is 1. The number of nitrogens with one attached hydrogen (secondary N) is 3. The van der Waals surface area contributed by atoms with Crippen LogP contribution in [0.25, 0.3) is 22.4 Å². The molecule has 4 aliphatic rings. The standard InChI is InChI=1S/C30H29N5O2/c36-28(22-7-9-31-10-8-22)32-24-4-1-21(2-5-24)27-33-25-6-3-23(14-26(25)34-27)29(37)35-30-15-18-11-19(16-30)13-20(12-18)17-30/h1-10,14,18-20H,11-13,15-17H2,(H,32,36)(H,33,34)(H,35,37). The van der Waals surface area contributed by atoms with Gasteiger partial charge in [-0.3, -0.25) is 14.6 Å². The van der Waals surface area contributed by atoms with Gasteiger partial charge in [-0.05, 0) is 111 Å². The van der Waals surface area contributed by atoms with E-state index in [0.717, 1.165) is 59.4 Å². The zero-order valence-electron chi connectivity index (χ0n) is 20.5. The maximum atomic E-state index is 13.3. The molecule has 2 amide bonds. The van der Waals surface area contributed by atoms with Crippen LogP contribution >= 0.6 is 0 Å². The number of hydrogen-bond donors (Lipinski definition) is 3. The molecule has 4 aromatic rings. The van der Waals surface area contributed by atoms with Gasteiger partial charge in [0.25, 0.3) is 11.8 Å². The van der Waals surface area contributed by atoms with E-state index in [4.69, 9.17) is 4.98 Å². The number of hydrogen-bond acceptors (Lipinski definition) is 4. The first-order valence-electron chi connectivity index (χ1n) is 13.2. The van der Waals surface area contributed by atoms with Gasteiger partial charge in [-0.1, -0.05) is 0 Å². The van der Waals surface area contributed by atoms with Crippen LogP contribution in [0.4, 0.5) is 5.69 Å². The lowest BCUT2D eigenvalue weighted by Crippen LogP contribution is -2.59. The van der Waals surface area contributed by atoms with Crippen molar-refractivity contribution in [2.24, 2.45) is 17.8 Å². The van der Waals surface area contributed by atoms with E-state index in [9.17, 15) is 9.59 Å². The van der Waals surface area contributed by atoms with Crippen LogP contribution in [0, 0.1) is 17.8 Å². The first-order valence-corrected chi connectivity index (χ1v) is 13.2. The number of amides is 2. The molecule has 0 unspecified atom stereocenters. The molecule has 0 radical (unpaired) electrons. The summed E-state index contributed by atoms with van der Waals surface area (Å²) in [5.74, 6) is 2.93. The van der Waals surface area contributed by atoms with Crippen molar-refractivity contribution in [2.75, 3.05) is 5.32 Å². The Hall–Kier alpha value is -4.00. The Morgan fingerprint density at radius 3 is 2.16 bits per heavy atom. The van der Waals surface area contributed by atoms with Crippen molar-refractivity contribution in [1.29, 1.82) is 0 Å². The minimum Gasteiger partial charge on any atom is -0.347 e. The van der Waals surface area contributed by atoms with E-state index in [2.05, 4.69) is 20.6 Å². The highest BCUT2D eigenvalue weighted by atomic mass is 16.2. The van der Waals surface area contributed by atoms with Gasteiger partial charge in [0.2, 0.25) is 0 Å². The zero-order chi connectivity index (χ0) is 25.0. The topological polar surface area (TPSA) is 99.8 Å². The van der Waals surface area contributed by atoms with E-state index < -0.39 is 0 Å². The summed E-state index contributed by atoms with van der Waals surface area (Å²) in [5.41, 5.74) is 4.46. The zero-order valence-corrected chi connectivity index (χ0v) is 20.5. The lowest BCUT2D eigenvalue weighted by Gasteiger charge is -2.56. The molecule has 0 saturated heterocycles. The molecule has 2 aromatic carbocycles. The molecular formula is C30H29N5O2. The molecule has 2 heterocycles. The Bertz CT molecular complexity index is 1460. The molecule has 3 N–H and O–H groups in total. The third kappa shape index (κ3) is 4.18. The van der Waals surface area contributed by atoms with Gasteiger partial charge in [0.05, 0.1) is 11.0 Å². The molecule has 4 aliphatic carbocycles. The number of nitrogens with zero attached hydrogens (tertiary/aromatic N) is 2. The van der Waals surface area contributed by atoms with E-state index in [0.29, 0.717) is 16.8 Å². The molecule has 7 heteroatoms. The second kappa shape index (κ2) is 8.54. The maximum Gasteiger partial charge on any atom is 0.255 e. The number of pyridine rings is 1. The number of benzene rings is 2.